The Hall–Kier alpha value is -1.40. The minimum Gasteiger partial charge on any atom is -0.466 e. The van der Waals surface area contributed by atoms with Gasteiger partial charge in [-0.25, -0.2) is 0 Å². The topological polar surface area (TPSA) is 95.9 Å². The molecular formula is C54H105NO5. The molecule has 3 N–H and O–H groups in total. The molecule has 1 amide bonds. The molecule has 0 heterocycles. The Bertz CT molecular complexity index is 893. The van der Waals surface area contributed by atoms with Gasteiger partial charge in [0, 0.05) is 12.8 Å². The third kappa shape index (κ3) is 46.1. The van der Waals surface area contributed by atoms with Crippen LogP contribution in [-0.2, 0) is 14.3 Å². The summed E-state index contributed by atoms with van der Waals surface area (Å²) in [6, 6.07) is -0.632. The predicted molar refractivity (Wildman–Crippen MR) is 260 cm³/mol. The maximum Gasteiger partial charge on any atom is 0.305 e. The number of rotatable bonds is 50. The van der Waals surface area contributed by atoms with E-state index in [-0.39, 0.29) is 18.5 Å². The van der Waals surface area contributed by atoms with Crippen LogP contribution in [0.1, 0.15) is 296 Å². The quantitative estimate of drug-likeness (QED) is 0.0322. The minimum atomic E-state index is -0.848. The molecule has 356 valence electrons. The third-order valence-electron chi connectivity index (χ3n) is 12.6. The second kappa shape index (κ2) is 50.2. The molecule has 0 aliphatic carbocycles. The van der Waals surface area contributed by atoms with Gasteiger partial charge in [0.1, 0.15) is 0 Å². The highest BCUT2D eigenvalue weighted by Crippen LogP contribution is 2.17. The lowest BCUT2D eigenvalue weighted by Crippen LogP contribution is -2.45. The molecule has 6 nitrogen and oxygen atoms in total. The van der Waals surface area contributed by atoms with E-state index in [2.05, 4.69) is 19.2 Å². The first-order chi connectivity index (χ1) is 29.5. The van der Waals surface area contributed by atoms with E-state index >= 15 is 0 Å². The molecule has 0 radical (unpaired) electrons. The molecule has 0 rings (SSSR count). The Kier molecular flexibility index (Phi) is 49.1. The number of unbranched alkanes of at least 4 members (excludes halogenated alkanes) is 39. The molecule has 0 aliphatic heterocycles. The van der Waals surface area contributed by atoms with Crippen molar-refractivity contribution in [3.05, 3.63) is 12.2 Å². The molecule has 0 aromatic carbocycles. The standard InChI is InChI=1S/C54H105NO5/c1-3-5-7-9-11-13-15-17-19-24-28-32-36-40-44-48-54(59)60-49-45-41-37-33-29-25-21-18-20-23-27-31-35-39-43-47-53(58)55-51(50-56)52(57)46-42-38-34-30-26-22-16-14-12-10-8-6-4-2/h42,46,51-52,56-57H,3-41,43-45,47-50H2,1-2H3,(H,55,58)/b46-42+. The monoisotopic (exact) mass is 848 g/mol. The Morgan fingerprint density at radius 1 is 0.450 bits per heavy atom. The largest absolute Gasteiger partial charge is 0.466 e. The highest BCUT2D eigenvalue weighted by atomic mass is 16.5. The zero-order valence-electron chi connectivity index (χ0n) is 40.5. The Morgan fingerprint density at radius 2 is 0.767 bits per heavy atom. The van der Waals surface area contributed by atoms with Crippen molar-refractivity contribution in [1.29, 1.82) is 0 Å². The second-order valence-corrected chi connectivity index (χ2v) is 18.6. The molecule has 0 aliphatic rings. The summed E-state index contributed by atoms with van der Waals surface area (Å²) in [5, 5.41) is 23.0. The third-order valence-corrected chi connectivity index (χ3v) is 12.6. The molecule has 60 heavy (non-hydrogen) atoms. The Balaban J connectivity index is 3.43. The molecule has 2 unspecified atom stereocenters. The highest BCUT2D eigenvalue weighted by Gasteiger charge is 2.18. The summed E-state index contributed by atoms with van der Waals surface area (Å²) in [4.78, 5) is 24.5. The fraction of sp³-hybridized carbons (Fsp3) is 0.926. The molecule has 0 aromatic rings. The van der Waals surface area contributed by atoms with Crippen LogP contribution in [0.3, 0.4) is 0 Å². The maximum atomic E-state index is 12.4. The zero-order chi connectivity index (χ0) is 43.7. The van der Waals surface area contributed by atoms with Crippen LogP contribution in [0.25, 0.3) is 0 Å². The van der Waals surface area contributed by atoms with Crippen LogP contribution >= 0.6 is 0 Å². The van der Waals surface area contributed by atoms with E-state index in [1.807, 2.05) is 6.08 Å². The first-order valence-corrected chi connectivity index (χ1v) is 27.0. The van der Waals surface area contributed by atoms with Crippen LogP contribution in [-0.4, -0.2) is 47.4 Å². The van der Waals surface area contributed by atoms with E-state index in [1.54, 1.807) is 6.08 Å². The number of esters is 1. The van der Waals surface area contributed by atoms with Gasteiger partial charge in [-0.15, -0.1) is 0 Å². The van der Waals surface area contributed by atoms with Crippen LogP contribution in [0, 0.1) is 0 Å². The van der Waals surface area contributed by atoms with Crippen molar-refractivity contribution in [3.63, 3.8) is 0 Å². The Labute approximate surface area is 374 Å². The summed E-state index contributed by atoms with van der Waals surface area (Å²) >= 11 is 0. The molecule has 0 aromatic heterocycles. The summed E-state index contributed by atoms with van der Waals surface area (Å²) in [5.74, 6) is -0.0731. The molecule has 6 heteroatoms. The average Bonchev–Trinajstić information content (AvgIpc) is 3.25. The summed E-state index contributed by atoms with van der Waals surface area (Å²) < 4.78 is 5.47. The first kappa shape index (κ1) is 58.6. The van der Waals surface area contributed by atoms with Crippen molar-refractivity contribution in [1.82, 2.24) is 5.32 Å². The molecule has 0 saturated carbocycles. The van der Waals surface area contributed by atoms with E-state index in [0.717, 1.165) is 44.9 Å². The molecule has 0 bridgehead atoms. The summed E-state index contributed by atoms with van der Waals surface area (Å²) in [7, 11) is 0. The van der Waals surface area contributed by atoms with Gasteiger partial charge in [-0.1, -0.05) is 264 Å². The van der Waals surface area contributed by atoms with Crippen molar-refractivity contribution < 1.29 is 24.5 Å². The van der Waals surface area contributed by atoms with E-state index in [1.165, 1.54) is 225 Å². The van der Waals surface area contributed by atoms with Crippen molar-refractivity contribution in [2.45, 2.75) is 309 Å². The van der Waals surface area contributed by atoms with Gasteiger partial charge in [0.2, 0.25) is 5.91 Å². The number of hydrogen-bond donors (Lipinski definition) is 3. The number of aliphatic hydroxyl groups excluding tert-OH is 2. The fourth-order valence-corrected chi connectivity index (χ4v) is 8.40. The SMILES string of the molecule is CCCCCCCCCCCCC/C=C/C(O)C(CO)NC(=O)CCCCCCCCCCCCCCCCCOC(=O)CCCCCCCCCCCCCCCCC. The van der Waals surface area contributed by atoms with E-state index < -0.39 is 12.1 Å². The number of amides is 1. The molecule has 2 atom stereocenters. The normalized spacial score (nSPS) is 12.7. The first-order valence-electron chi connectivity index (χ1n) is 27.0. The van der Waals surface area contributed by atoms with E-state index in [4.69, 9.17) is 4.74 Å². The smallest absolute Gasteiger partial charge is 0.305 e. The van der Waals surface area contributed by atoms with Crippen LogP contribution in [0.15, 0.2) is 12.2 Å². The lowest BCUT2D eigenvalue weighted by molar-refractivity contribution is -0.143. The number of allylic oxidation sites excluding steroid dienone is 1. The van der Waals surface area contributed by atoms with E-state index in [9.17, 15) is 19.8 Å². The van der Waals surface area contributed by atoms with Crippen LogP contribution in [0.5, 0.6) is 0 Å². The minimum absolute atomic E-state index is 0.00257. The number of carbonyl (C=O) groups excluding carboxylic acids is 2. The van der Waals surface area contributed by atoms with Crippen LogP contribution < -0.4 is 5.32 Å². The maximum absolute atomic E-state index is 12.4. The van der Waals surface area contributed by atoms with E-state index in [0.29, 0.717) is 19.4 Å². The van der Waals surface area contributed by atoms with Gasteiger partial charge >= 0.3 is 5.97 Å². The zero-order valence-corrected chi connectivity index (χ0v) is 40.5. The van der Waals surface area contributed by atoms with Gasteiger partial charge < -0.3 is 20.3 Å². The lowest BCUT2D eigenvalue weighted by atomic mass is 10.0. The Morgan fingerprint density at radius 3 is 1.13 bits per heavy atom. The summed E-state index contributed by atoms with van der Waals surface area (Å²) in [6.45, 7) is 4.89. The predicted octanol–water partition coefficient (Wildman–Crippen LogP) is 16.1. The molecule has 0 fully saturated rings. The van der Waals surface area contributed by atoms with Gasteiger partial charge in [0.25, 0.3) is 0 Å². The number of aliphatic hydroxyl groups is 2. The van der Waals surface area contributed by atoms with Crippen LogP contribution in [0.2, 0.25) is 0 Å². The fourth-order valence-electron chi connectivity index (χ4n) is 8.40. The number of nitrogens with one attached hydrogen (secondary N) is 1. The average molecular weight is 848 g/mol. The number of hydrogen-bond acceptors (Lipinski definition) is 5. The molecule has 0 saturated heterocycles. The van der Waals surface area contributed by atoms with Gasteiger partial charge in [-0.3, -0.25) is 9.59 Å². The molecular weight excluding hydrogens is 743 g/mol. The molecule has 0 spiro atoms. The number of carbonyl (C=O) groups is 2. The van der Waals surface area contributed by atoms with Crippen molar-refractivity contribution >= 4 is 11.9 Å². The van der Waals surface area contributed by atoms with Crippen molar-refractivity contribution in [3.8, 4) is 0 Å². The van der Waals surface area contributed by atoms with Gasteiger partial charge in [0.05, 0.1) is 25.4 Å². The second-order valence-electron chi connectivity index (χ2n) is 18.6. The number of ether oxygens (including phenoxy) is 1. The summed E-state index contributed by atoms with van der Waals surface area (Å²) in [6.07, 6.45) is 57.9. The van der Waals surface area contributed by atoms with Gasteiger partial charge in [-0.05, 0) is 32.1 Å². The van der Waals surface area contributed by atoms with Crippen molar-refractivity contribution in [2.24, 2.45) is 0 Å². The van der Waals surface area contributed by atoms with Gasteiger partial charge in [-0.2, -0.15) is 0 Å². The van der Waals surface area contributed by atoms with Crippen LogP contribution in [0.4, 0.5) is 0 Å². The lowest BCUT2D eigenvalue weighted by Gasteiger charge is -2.20. The van der Waals surface area contributed by atoms with Crippen molar-refractivity contribution in [2.75, 3.05) is 13.2 Å². The summed E-state index contributed by atoms with van der Waals surface area (Å²) in [5.41, 5.74) is 0. The highest BCUT2D eigenvalue weighted by molar-refractivity contribution is 5.76. The van der Waals surface area contributed by atoms with Gasteiger partial charge in [0.15, 0.2) is 0 Å².